The fourth-order valence-corrected chi connectivity index (χ4v) is 2.65. The van der Waals surface area contributed by atoms with Gasteiger partial charge in [0.25, 0.3) is 0 Å². The standard InChI is InChI=1S/C13H19N3S/c1-9(2)12-13(10(3)4)16(7-14-12)5-11-6-17-8-15-11/h6-10H,5H2,1-4H3. The van der Waals surface area contributed by atoms with E-state index >= 15 is 0 Å². The Kier molecular flexibility index (Phi) is 3.62. The maximum Gasteiger partial charge on any atom is 0.0955 e. The SMILES string of the molecule is CC(C)c1ncn(Cc2cscn2)c1C(C)C. The van der Waals surface area contributed by atoms with Crippen molar-refractivity contribution >= 4 is 11.3 Å². The highest BCUT2D eigenvalue weighted by Crippen LogP contribution is 2.25. The lowest BCUT2D eigenvalue weighted by atomic mass is 10.0. The molecular weight excluding hydrogens is 230 g/mol. The molecule has 0 aliphatic heterocycles. The van der Waals surface area contributed by atoms with Gasteiger partial charge in [0.05, 0.1) is 29.8 Å². The summed E-state index contributed by atoms with van der Waals surface area (Å²) in [6.45, 7) is 9.67. The summed E-state index contributed by atoms with van der Waals surface area (Å²) < 4.78 is 2.23. The van der Waals surface area contributed by atoms with Gasteiger partial charge < -0.3 is 4.57 Å². The van der Waals surface area contributed by atoms with E-state index in [1.807, 2.05) is 11.8 Å². The highest BCUT2D eigenvalue weighted by atomic mass is 32.1. The molecule has 0 spiro atoms. The van der Waals surface area contributed by atoms with Gasteiger partial charge in [0.15, 0.2) is 0 Å². The van der Waals surface area contributed by atoms with Crippen LogP contribution in [0.3, 0.4) is 0 Å². The zero-order chi connectivity index (χ0) is 12.4. The molecule has 2 heterocycles. The van der Waals surface area contributed by atoms with E-state index in [9.17, 15) is 0 Å². The minimum absolute atomic E-state index is 0.476. The summed E-state index contributed by atoms with van der Waals surface area (Å²) in [5.74, 6) is 0.970. The van der Waals surface area contributed by atoms with Crippen LogP contribution in [0.2, 0.25) is 0 Å². The summed E-state index contributed by atoms with van der Waals surface area (Å²) in [5.41, 5.74) is 5.55. The van der Waals surface area contributed by atoms with Gasteiger partial charge in [-0.15, -0.1) is 11.3 Å². The fraction of sp³-hybridized carbons (Fsp3) is 0.538. The molecule has 0 saturated heterocycles. The highest BCUT2D eigenvalue weighted by Gasteiger charge is 2.17. The van der Waals surface area contributed by atoms with Crippen LogP contribution in [-0.2, 0) is 6.54 Å². The third kappa shape index (κ3) is 2.57. The maximum absolute atomic E-state index is 4.56. The van der Waals surface area contributed by atoms with Gasteiger partial charge in [0, 0.05) is 11.1 Å². The van der Waals surface area contributed by atoms with Crippen LogP contribution in [-0.4, -0.2) is 14.5 Å². The van der Waals surface area contributed by atoms with E-state index < -0.39 is 0 Å². The molecule has 2 aromatic rings. The number of imidazole rings is 1. The topological polar surface area (TPSA) is 30.7 Å². The largest absolute Gasteiger partial charge is 0.328 e. The molecule has 0 radical (unpaired) electrons. The van der Waals surface area contributed by atoms with Crippen LogP contribution in [0.15, 0.2) is 17.2 Å². The smallest absolute Gasteiger partial charge is 0.0955 e. The monoisotopic (exact) mass is 249 g/mol. The molecule has 0 aliphatic rings. The van der Waals surface area contributed by atoms with E-state index in [4.69, 9.17) is 0 Å². The van der Waals surface area contributed by atoms with Gasteiger partial charge in [0.1, 0.15) is 0 Å². The Labute approximate surface area is 107 Å². The molecule has 0 unspecified atom stereocenters. The normalized spacial score (nSPS) is 11.6. The lowest BCUT2D eigenvalue weighted by molar-refractivity contribution is 0.666. The summed E-state index contributed by atoms with van der Waals surface area (Å²) in [4.78, 5) is 8.89. The van der Waals surface area contributed by atoms with Crippen molar-refractivity contribution in [3.05, 3.63) is 34.3 Å². The van der Waals surface area contributed by atoms with Crippen LogP contribution in [0.1, 0.15) is 56.6 Å². The van der Waals surface area contributed by atoms with Gasteiger partial charge in [-0.3, -0.25) is 0 Å². The Balaban J connectivity index is 2.34. The lowest BCUT2D eigenvalue weighted by Gasteiger charge is -2.13. The quantitative estimate of drug-likeness (QED) is 0.828. The average molecular weight is 249 g/mol. The number of hydrogen-bond donors (Lipinski definition) is 0. The van der Waals surface area contributed by atoms with Crippen molar-refractivity contribution in [2.75, 3.05) is 0 Å². The van der Waals surface area contributed by atoms with Crippen LogP contribution >= 0.6 is 11.3 Å². The lowest BCUT2D eigenvalue weighted by Crippen LogP contribution is -2.07. The third-order valence-corrected chi connectivity index (χ3v) is 3.45. The van der Waals surface area contributed by atoms with Crippen LogP contribution in [0.25, 0.3) is 0 Å². The predicted molar refractivity (Wildman–Crippen MR) is 71.6 cm³/mol. The molecule has 2 aromatic heterocycles. The van der Waals surface area contributed by atoms with Gasteiger partial charge in [-0.05, 0) is 11.8 Å². The van der Waals surface area contributed by atoms with Gasteiger partial charge in [-0.2, -0.15) is 0 Å². The Morgan fingerprint density at radius 2 is 1.94 bits per heavy atom. The fourth-order valence-electron chi connectivity index (χ4n) is 2.10. The predicted octanol–water partition coefficient (Wildman–Crippen LogP) is 3.63. The second kappa shape index (κ2) is 5.00. The first-order valence-corrected chi connectivity index (χ1v) is 6.95. The van der Waals surface area contributed by atoms with Crippen molar-refractivity contribution in [3.8, 4) is 0 Å². The summed E-state index contributed by atoms with van der Waals surface area (Å²) in [6.07, 6.45) is 1.95. The Morgan fingerprint density at radius 3 is 2.47 bits per heavy atom. The minimum atomic E-state index is 0.476. The molecule has 17 heavy (non-hydrogen) atoms. The van der Waals surface area contributed by atoms with E-state index in [-0.39, 0.29) is 0 Å². The summed E-state index contributed by atoms with van der Waals surface area (Å²) in [6, 6.07) is 0. The minimum Gasteiger partial charge on any atom is -0.328 e. The highest BCUT2D eigenvalue weighted by molar-refractivity contribution is 7.07. The number of rotatable bonds is 4. The van der Waals surface area contributed by atoms with Gasteiger partial charge in [-0.25, -0.2) is 9.97 Å². The van der Waals surface area contributed by atoms with E-state index in [2.05, 4.69) is 47.6 Å². The summed E-state index contributed by atoms with van der Waals surface area (Å²) in [7, 11) is 0. The average Bonchev–Trinajstić information content (AvgIpc) is 2.86. The molecule has 0 saturated carbocycles. The van der Waals surface area contributed by atoms with E-state index in [0.29, 0.717) is 11.8 Å². The summed E-state index contributed by atoms with van der Waals surface area (Å²) >= 11 is 1.64. The molecular formula is C13H19N3S. The van der Waals surface area contributed by atoms with Crippen LogP contribution in [0.5, 0.6) is 0 Å². The molecule has 92 valence electrons. The number of hydrogen-bond acceptors (Lipinski definition) is 3. The molecule has 4 heteroatoms. The van der Waals surface area contributed by atoms with Gasteiger partial charge >= 0.3 is 0 Å². The second-order valence-corrected chi connectivity index (χ2v) is 5.65. The molecule has 3 nitrogen and oxygen atoms in total. The van der Waals surface area contributed by atoms with Crippen molar-refractivity contribution in [1.29, 1.82) is 0 Å². The van der Waals surface area contributed by atoms with Crippen molar-refractivity contribution in [2.45, 2.75) is 46.1 Å². The number of thiazole rings is 1. The van der Waals surface area contributed by atoms with E-state index in [1.165, 1.54) is 11.4 Å². The molecule has 0 bridgehead atoms. The Morgan fingerprint density at radius 1 is 1.18 bits per heavy atom. The Hall–Kier alpha value is -1.16. The molecule has 0 atom stereocenters. The zero-order valence-corrected chi connectivity index (χ0v) is 11.7. The summed E-state index contributed by atoms with van der Waals surface area (Å²) in [5, 5.41) is 2.10. The molecule has 0 aromatic carbocycles. The number of aromatic nitrogens is 3. The Bertz CT molecular complexity index is 469. The third-order valence-electron chi connectivity index (χ3n) is 2.82. The van der Waals surface area contributed by atoms with Crippen LogP contribution in [0.4, 0.5) is 0 Å². The molecule has 0 aliphatic carbocycles. The molecule has 0 N–H and O–H groups in total. The molecule has 0 amide bonds. The zero-order valence-electron chi connectivity index (χ0n) is 10.8. The first kappa shape index (κ1) is 12.3. The van der Waals surface area contributed by atoms with Crippen molar-refractivity contribution in [2.24, 2.45) is 0 Å². The van der Waals surface area contributed by atoms with Crippen molar-refractivity contribution < 1.29 is 0 Å². The van der Waals surface area contributed by atoms with E-state index in [1.54, 1.807) is 11.3 Å². The van der Waals surface area contributed by atoms with Crippen molar-refractivity contribution in [3.63, 3.8) is 0 Å². The van der Waals surface area contributed by atoms with E-state index in [0.717, 1.165) is 12.2 Å². The van der Waals surface area contributed by atoms with Gasteiger partial charge in [0.2, 0.25) is 0 Å². The first-order chi connectivity index (χ1) is 8.09. The van der Waals surface area contributed by atoms with Crippen LogP contribution in [0, 0.1) is 0 Å². The van der Waals surface area contributed by atoms with Crippen molar-refractivity contribution in [1.82, 2.24) is 14.5 Å². The maximum atomic E-state index is 4.56. The van der Waals surface area contributed by atoms with Gasteiger partial charge in [-0.1, -0.05) is 27.7 Å². The van der Waals surface area contributed by atoms with Crippen LogP contribution < -0.4 is 0 Å². The molecule has 0 fully saturated rings. The first-order valence-electron chi connectivity index (χ1n) is 6.01. The second-order valence-electron chi connectivity index (χ2n) is 4.93. The molecule has 2 rings (SSSR count). The number of nitrogens with zero attached hydrogens (tertiary/aromatic N) is 3.